The second-order valence-electron chi connectivity index (χ2n) is 4.07. The maximum Gasteiger partial charge on any atom is 0.305 e. The van der Waals surface area contributed by atoms with Gasteiger partial charge in [-0.05, 0) is 32.3 Å². The first-order valence-electron chi connectivity index (χ1n) is 5.20. The first-order chi connectivity index (χ1) is 8.32. The molecule has 6 heteroatoms. The highest BCUT2D eigenvalue weighted by Gasteiger charge is 2.27. The molecular formula is C12H13F2NO3. The maximum atomic E-state index is 13.4. The van der Waals surface area contributed by atoms with Crippen LogP contribution in [0.25, 0.3) is 0 Å². The van der Waals surface area contributed by atoms with Gasteiger partial charge in [-0.15, -0.1) is 0 Å². The summed E-state index contributed by atoms with van der Waals surface area (Å²) in [7, 11) is 3.01. The van der Waals surface area contributed by atoms with E-state index in [9.17, 15) is 18.4 Å². The van der Waals surface area contributed by atoms with Crippen molar-refractivity contribution in [3.05, 3.63) is 35.4 Å². The summed E-state index contributed by atoms with van der Waals surface area (Å²) in [5.74, 6) is -3.54. The van der Waals surface area contributed by atoms with Crippen LogP contribution in [0.3, 0.4) is 0 Å². The minimum Gasteiger partial charge on any atom is -0.481 e. The van der Waals surface area contributed by atoms with E-state index < -0.39 is 41.4 Å². The molecule has 0 aliphatic rings. The zero-order valence-electron chi connectivity index (χ0n) is 9.98. The summed E-state index contributed by atoms with van der Waals surface area (Å²) < 4.78 is 26.4. The summed E-state index contributed by atoms with van der Waals surface area (Å²) in [6, 6.07) is 1.49. The van der Waals surface area contributed by atoms with Crippen molar-refractivity contribution in [2.45, 2.75) is 12.5 Å². The molecule has 0 bridgehead atoms. The monoisotopic (exact) mass is 257 g/mol. The molecule has 0 aromatic heterocycles. The van der Waals surface area contributed by atoms with Crippen molar-refractivity contribution in [1.29, 1.82) is 0 Å². The normalized spacial score (nSPS) is 12.5. The molecule has 0 fully saturated rings. The van der Waals surface area contributed by atoms with Crippen LogP contribution in [0.15, 0.2) is 18.2 Å². The number of Topliss-reactive ketones (excluding diaryl/α,β-unsaturated/α-hetero) is 1. The van der Waals surface area contributed by atoms with Crippen LogP contribution in [-0.4, -0.2) is 41.9 Å². The molecule has 0 radical (unpaired) electrons. The van der Waals surface area contributed by atoms with E-state index in [1.54, 1.807) is 0 Å². The fourth-order valence-electron chi connectivity index (χ4n) is 1.54. The predicted molar refractivity (Wildman–Crippen MR) is 60.4 cm³/mol. The highest BCUT2D eigenvalue weighted by molar-refractivity contribution is 6.01. The van der Waals surface area contributed by atoms with Crippen molar-refractivity contribution in [2.24, 2.45) is 0 Å². The van der Waals surface area contributed by atoms with Crippen molar-refractivity contribution in [2.75, 3.05) is 14.1 Å². The Bertz CT molecular complexity index is 474. The maximum absolute atomic E-state index is 13.4. The van der Waals surface area contributed by atoms with Crippen molar-refractivity contribution < 1.29 is 23.5 Å². The van der Waals surface area contributed by atoms with Crippen molar-refractivity contribution in [1.82, 2.24) is 4.90 Å². The van der Waals surface area contributed by atoms with Gasteiger partial charge in [-0.2, -0.15) is 0 Å². The highest BCUT2D eigenvalue weighted by Crippen LogP contribution is 2.15. The molecule has 4 nitrogen and oxygen atoms in total. The number of carbonyl (C=O) groups excluding carboxylic acids is 1. The summed E-state index contributed by atoms with van der Waals surface area (Å²) in [4.78, 5) is 24.0. The van der Waals surface area contributed by atoms with Gasteiger partial charge in [-0.1, -0.05) is 0 Å². The standard InChI is InChI=1S/C12H13F2NO3/c1-15(2)10(6-11(16)17)12(18)8-5-7(13)3-4-9(8)14/h3-5,10H,6H2,1-2H3,(H,16,17). The third-order valence-corrected chi connectivity index (χ3v) is 2.49. The molecule has 98 valence electrons. The molecule has 1 unspecified atom stereocenters. The molecule has 1 atom stereocenters. The SMILES string of the molecule is CN(C)C(CC(=O)O)C(=O)c1cc(F)ccc1F. The topological polar surface area (TPSA) is 57.6 Å². The van der Waals surface area contributed by atoms with Gasteiger partial charge in [0, 0.05) is 0 Å². The molecule has 0 saturated heterocycles. The molecule has 1 aromatic rings. The van der Waals surface area contributed by atoms with E-state index in [4.69, 9.17) is 5.11 Å². The van der Waals surface area contributed by atoms with E-state index in [0.717, 1.165) is 18.2 Å². The first kappa shape index (κ1) is 14.2. The molecular weight excluding hydrogens is 244 g/mol. The molecule has 0 spiro atoms. The Morgan fingerprint density at radius 1 is 1.33 bits per heavy atom. The number of likely N-dealkylation sites (N-methyl/N-ethyl adjacent to an activating group) is 1. The molecule has 0 saturated carbocycles. The first-order valence-corrected chi connectivity index (χ1v) is 5.20. The number of benzene rings is 1. The van der Waals surface area contributed by atoms with Gasteiger partial charge in [0.05, 0.1) is 18.0 Å². The quantitative estimate of drug-likeness (QED) is 0.813. The fraction of sp³-hybridized carbons (Fsp3) is 0.333. The fourth-order valence-corrected chi connectivity index (χ4v) is 1.54. The number of carboxylic acid groups (broad SMARTS) is 1. The van der Waals surface area contributed by atoms with Gasteiger partial charge in [0.25, 0.3) is 0 Å². The lowest BCUT2D eigenvalue weighted by Gasteiger charge is -2.21. The zero-order chi connectivity index (χ0) is 13.9. The number of hydrogen-bond donors (Lipinski definition) is 1. The number of ketones is 1. The number of aliphatic carboxylic acids is 1. The Labute approximate surface area is 103 Å². The Hall–Kier alpha value is -1.82. The van der Waals surface area contributed by atoms with Gasteiger partial charge in [0.2, 0.25) is 0 Å². The number of halogens is 2. The number of carboxylic acids is 1. The third-order valence-electron chi connectivity index (χ3n) is 2.49. The number of hydrogen-bond acceptors (Lipinski definition) is 3. The Morgan fingerprint density at radius 2 is 1.94 bits per heavy atom. The summed E-state index contributed by atoms with van der Waals surface area (Å²) in [6.45, 7) is 0. The number of nitrogens with zero attached hydrogens (tertiary/aromatic N) is 1. The average Bonchev–Trinajstić information content (AvgIpc) is 2.27. The van der Waals surface area contributed by atoms with Crippen LogP contribution in [-0.2, 0) is 4.79 Å². The third kappa shape index (κ3) is 3.33. The van der Waals surface area contributed by atoms with Crippen molar-refractivity contribution in [3.8, 4) is 0 Å². The minimum absolute atomic E-state index is 0.435. The van der Waals surface area contributed by atoms with Crippen LogP contribution in [0, 0.1) is 11.6 Å². The van der Waals surface area contributed by atoms with Crippen LogP contribution in [0.4, 0.5) is 8.78 Å². The van der Waals surface area contributed by atoms with E-state index in [1.807, 2.05) is 0 Å². The Balaban J connectivity index is 3.09. The molecule has 18 heavy (non-hydrogen) atoms. The smallest absolute Gasteiger partial charge is 0.305 e. The second-order valence-corrected chi connectivity index (χ2v) is 4.07. The predicted octanol–water partition coefficient (Wildman–Crippen LogP) is 1.55. The molecule has 0 aliphatic carbocycles. The van der Waals surface area contributed by atoms with Gasteiger partial charge in [-0.25, -0.2) is 8.78 Å². The van der Waals surface area contributed by atoms with Gasteiger partial charge in [0.1, 0.15) is 11.6 Å². The van der Waals surface area contributed by atoms with Gasteiger partial charge >= 0.3 is 5.97 Å². The van der Waals surface area contributed by atoms with Gasteiger partial charge < -0.3 is 5.11 Å². The number of carbonyl (C=O) groups is 2. The van der Waals surface area contributed by atoms with Crippen LogP contribution in [0.5, 0.6) is 0 Å². The summed E-state index contributed by atoms with van der Waals surface area (Å²) in [5, 5.41) is 8.71. The molecule has 0 amide bonds. The molecule has 1 aromatic carbocycles. The molecule has 1 rings (SSSR count). The van der Waals surface area contributed by atoms with E-state index in [-0.39, 0.29) is 0 Å². The van der Waals surface area contributed by atoms with Crippen molar-refractivity contribution >= 4 is 11.8 Å². The summed E-state index contributed by atoms with van der Waals surface area (Å²) >= 11 is 0. The zero-order valence-corrected chi connectivity index (χ0v) is 9.98. The van der Waals surface area contributed by atoms with E-state index in [2.05, 4.69) is 0 Å². The molecule has 1 N–H and O–H groups in total. The minimum atomic E-state index is -1.18. The van der Waals surface area contributed by atoms with Crippen LogP contribution < -0.4 is 0 Å². The Morgan fingerprint density at radius 3 is 2.44 bits per heavy atom. The lowest BCUT2D eigenvalue weighted by atomic mass is 10.00. The summed E-state index contributed by atoms with van der Waals surface area (Å²) in [6.07, 6.45) is -0.470. The van der Waals surface area contributed by atoms with Crippen molar-refractivity contribution in [3.63, 3.8) is 0 Å². The lowest BCUT2D eigenvalue weighted by molar-refractivity contribution is -0.137. The molecule has 0 aliphatic heterocycles. The van der Waals surface area contributed by atoms with Crippen LogP contribution in [0.2, 0.25) is 0 Å². The average molecular weight is 257 g/mol. The van der Waals surface area contributed by atoms with E-state index in [1.165, 1.54) is 19.0 Å². The lowest BCUT2D eigenvalue weighted by Crippen LogP contribution is -2.38. The number of rotatable bonds is 5. The van der Waals surface area contributed by atoms with E-state index in [0.29, 0.717) is 0 Å². The van der Waals surface area contributed by atoms with Gasteiger partial charge in [-0.3, -0.25) is 14.5 Å². The second kappa shape index (κ2) is 5.68. The highest BCUT2D eigenvalue weighted by atomic mass is 19.1. The largest absolute Gasteiger partial charge is 0.481 e. The van der Waals surface area contributed by atoms with E-state index >= 15 is 0 Å². The van der Waals surface area contributed by atoms with Crippen LogP contribution >= 0.6 is 0 Å². The summed E-state index contributed by atoms with van der Waals surface area (Å²) in [5.41, 5.74) is -0.435. The Kier molecular flexibility index (Phi) is 4.49. The van der Waals surface area contributed by atoms with Gasteiger partial charge in [0.15, 0.2) is 5.78 Å². The van der Waals surface area contributed by atoms with Crippen LogP contribution in [0.1, 0.15) is 16.8 Å². The molecule has 0 heterocycles.